The lowest BCUT2D eigenvalue weighted by Crippen LogP contribution is -2.25. The molecule has 0 aliphatic rings. The summed E-state index contributed by atoms with van der Waals surface area (Å²) in [6, 6.07) is 6.46. The second-order valence-corrected chi connectivity index (χ2v) is 6.53. The third kappa shape index (κ3) is 6.57. The zero-order valence-electron chi connectivity index (χ0n) is 16.0. The highest BCUT2D eigenvalue weighted by molar-refractivity contribution is 5.89. The van der Waals surface area contributed by atoms with Crippen molar-refractivity contribution < 1.29 is 23.9 Å². The van der Waals surface area contributed by atoms with Gasteiger partial charge in [0.1, 0.15) is 5.78 Å². The highest BCUT2D eigenvalue weighted by atomic mass is 16.5. The number of ether oxygens (including phenoxy) is 2. The molecule has 0 aromatic carbocycles. The number of hydrogen-bond donors (Lipinski definition) is 0. The Balaban J connectivity index is 1.96. The Labute approximate surface area is 164 Å². The van der Waals surface area contributed by atoms with E-state index in [1.807, 2.05) is 13.8 Å². The maximum atomic E-state index is 12.3. The van der Waals surface area contributed by atoms with Crippen molar-refractivity contribution in [2.75, 3.05) is 13.2 Å². The number of esters is 2. The van der Waals surface area contributed by atoms with E-state index in [9.17, 15) is 14.4 Å². The maximum absolute atomic E-state index is 12.3. The SMILES string of the molecule is CCC(C)C(=O)CC(COC(=O)c1cccnc1)COC(=O)c1cccnc1. The van der Waals surface area contributed by atoms with E-state index < -0.39 is 17.9 Å². The molecule has 2 heterocycles. The Morgan fingerprint density at radius 1 is 0.929 bits per heavy atom. The van der Waals surface area contributed by atoms with Gasteiger partial charge in [-0.1, -0.05) is 13.8 Å². The summed E-state index contributed by atoms with van der Waals surface area (Å²) < 4.78 is 10.6. The van der Waals surface area contributed by atoms with Gasteiger partial charge in [0.2, 0.25) is 0 Å². The summed E-state index contributed by atoms with van der Waals surface area (Å²) >= 11 is 0. The van der Waals surface area contributed by atoms with Crippen LogP contribution in [0.25, 0.3) is 0 Å². The molecule has 0 aliphatic carbocycles. The molecule has 0 aliphatic heterocycles. The van der Waals surface area contributed by atoms with E-state index in [0.717, 1.165) is 6.42 Å². The lowest BCUT2D eigenvalue weighted by atomic mass is 9.94. The molecule has 0 saturated heterocycles. The summed E-state index contributed by atoms with van der Waals surface area (Å²) in [5.41, 5.74) is 0.642. The van der Waals surface area contributed by atoms with Gasteiger partial charge in [-0.3, -0.25) is 14.8 Å². The van der Waals surface area contributed by atoms with E-state index in [2.05, 4.69) is 9.97 Å². The first-order chi connectivity index (χ1) is 13.5. The predicted octanol–water partition coefficient (Wildman–Crippen LogP) is 3.11. The Morgan fingerprint density at radius 3 is 1.82 bits per heavy atom. The maximum Gasteiger partial charge on any atom is 0.339 e. The van der Waals surface area contributed by atoms with E-state index in [4.69, 9.17) is 9.47 Å². The van der Waals surface area contributed by atoms with Crippen molar-refractivity contribution in [3.05, 3.63) is 60.2 Å². The molecule has 7 heteroatoms. The lowest BCUT2D eigenvalue weighted by molar-refractivity contribution is -0.124. The first-order valence-corrected chi connectivity index (χ1v) is 9.18. The number of pyridine rings is 2. The summed E-state index contributed by atoms with van der Waals surface area (Å²) in [6.45, 7) is 3.72. The molecule has 0 bridgehead atoms. The summed E-state index contributed by atoms with van der Waals surface area (Å²) in [6.07, 6.45) is 6.81. The molecule has 1 atom stereocenters. The van der Waals surface area contributed by atoms with Crippen LogP contribution in [0.3, 0.4) is 0 Å². The van der Waals surface area contributed by atoms with Gasteiger partial charge in [0.05, 0.1) is 24.3 Å². The number of ketones is 1. The first kappa shape index (κ1) is 21.2. The zero-order valence-corrected chi connectivity index (χ0v) is 16.0. The van der Waals surface area contributed by atoms with Crippen LogP contribution in [0, 0.1) is 11.8 Å². The van der Waals surface area contributed by atoms with E-state index in [1.165, 1.54) is 12.4 Å². The van der Waals surface area contributed by atoms with Crippen LogP contribution in [-0.4, -0.2) is 40.9 Å². The van der Waals surface area contributed by atoms with Crippen molar-refractivity contribution in [3.8, 4) is 0 Å². The molecule has 7 nitrogen and oxygen atoms in total. The topological polar surface area (TPSA) is 95.5 Å². The fraction of sp³-hybridized carbons (Fsp3) is 0.381. The minimum absolute atomic E-state index is 0.0315. The van der Waals surface area contributed by atoms with E-state index in [0.29, 0.717) is 11.1 Å². The fourth-order valence-corrected chi connectivity index (χ4v) is 2.40. The number of Topliss-reactive ketones (excluding diaryl/α,β-unsaturated/α-hetero) is 1. The van der Waals surface area contributed by atoms with Crippen LogP contribution in [0.15, 0.2) is 49.1 Å². The summed E-state index contributed by atoms with van der Waals surface area (Å²) in [4.78, 5) is 44.3. The van der Waals surface area contributed by atoms with E-state index in [-0.39, 0.29) is 31.3 Å². The van der Waals surface area contributed by atoms with Gasteiger partial charge >= 0.3 is 11.9 Å². The van der Waals surface area contributed by atoms with Gasteiger partial charge in [0.15, 0.2) is 0 Å². The van der Waals surface area contributed by atoms with Crippen molar-refractivity contribution >= 4 is 17.7 Å². The van der Waals surface area contributed by atoms with Gasteiger partial charge < -0.3 is 9.47 Å². The number of nitrogens with zero attached hydrogens (tertiary/aromatic N) is 2. The molecule has 1 unspecified atom stereocenters. The van der Waals surface area contributed by atoms with Crippen LogP contribution in [0.5, 0.6) is 0 Å². The molecule has 0 radical (unpaired) electrons. The minimum atomic E-state index is -0.535. The molecule has 0 spiro atoms. The largest absolute Gasteiger partial charge is 0.462 e. The Kier molecular flexibility index (Phi) is 8.27. The molecule has 28 heavy (non-hydrogen) atoms. The van der Waals surface area contributed by atoms with Crippen molar-refractivity contribution in [1.82, 2.24) is 9.97 Å². The molecule has 2 aromatic heterocycles. The van der Waals surface area contributed by atoms with Crippen molar-refractivity contribution in [3.63, 3.8) is 0 Å². The smallest absolute Gasteiger partial charge is 0.339 e. The monoisotopic (exact) mass is 384 g/mol. The second kappa shape index (κ2) is 10.9. The molecule has 2 rings (SSSR count). The standard InChI is InChI=1S/C21H24N2O5/c1-3-15(2)19(24)10-16(13-27-20(25)17-6-4-8-22-11-17)14-28-21(26)18-7-5-9-23-12-18/h4-9,11-12,15-16H,3,10,13-14H2,1-2H3. The average Bonchev–Trinajstić information content (AvgIpc) is 2.75. The van der Waals surface area contributed by atoms with Crippen LogP contribution in [0.4, 0.5) is 0 Å². The zero-order chi connectivity index (χ0) is 20.4. The summed E-state index contributed by atoms with van der Waals surface area (Å²) in [5.74, 6) is -1.56. The van der Waals surface area contributed by atoms with E-state index in [1.54, 1.807) is 36.7 Å². The van der Waals surface area contributed by atoms with E-state index >= 15 is 0 Å². The van der Waals surface area contributed by atoms with Crippen LogP contribution >= 0.6 is 0 Å². The number of carbonyl (C=O) groups is 3. The highest BCUT2D eigenvalue weighted by Crippen LogP contribution is 2.15. The summed E-state index contributed by atoms with van der Waals surface area (Å²) in [5, 5.41) is 0. The summed E-state index contributed by atoms with van der Waals surface area (Å²) in [7, 11) is 0. The second-order valence-electron chi connectivity index (χ2n) is 6.53. The molecular formula is C21H24N2O5. The quantitative estimate of drug-likeness (QED) is 0.581. The third-order valence-corrected chi connectivity index (χ3v) is 4.35. The van der Waals surface area contributed by atoms with Gasteiger partial charge in [0.25, 0.3) is 0 Å². The molecule has 2 aromatic rings. The number of aromatic nitrogens is 2. The Morgan fingerprint density at radius 2 is 1.43 bits per heavy atom. The van der Waals surface area contributed by atoms with Gasteiger partial charge in [-0.25, -0.2) is 9.59 Å². The Bertz CT molecular complexity index is 724. The van der Waals surface area contributed by atoms with Crippen molar-refractivity contribution in [2.45, 2.75) is 26.7 Å². The van der Waals surface area contributed by atoms with Gasteiger partial charge in [-0.15, -0.1) is 0 Å². The van der Waals surface area contributed by atoms with Crippen LogP contribution in [0.1, 0.15) is 47.4 Å². The van der Waals surface area contributed by atoms with Gasteiger partial charge in [-0.2, -0.15) is 0 Å². The highest BCUT2D eigenvalue weighted by Gasteiger charge is 2.22. The normalized spacial score (nSPS) is 11.7. The van der Waals surface area contributed by atoms with Gasteiger partial charge in [-0.05, 0) is 30.7 Å². The molecular weight excluding hydrogens is 360 g/mol. The van der Waals surface area contributed by atoms with Crippen LogP contribution < -0.4 is 0 Å². The number of rotatable bonds is 10. The third-order valence-electron chi connectivity index (χ3n) is 4.35. The molecule has 0 fully saturated rings. The lowest BCUT2D eigenvalue weighted by Gasteiger charge is -2.18. The van der Waals surface area contributed by atoms with Crippen molar-refractivity contribution in [2.24, 2.45) is 11.8 Å². The van der Waals surface area contributed by atoms with Gasteiger partial charge in [0, 0.05) is 43.0 Å². The van der Waals surface area contributed by atoms with Crippen LogP contribution in [0.2, 0.25) is 0 Å². The fourth-order valence-electron chi connectivity index (χ4n) is 2.40. The number of hydrogen-bond acceptors (Lipinski definition) is 7. The minimum Gasteiger partial charge on any atom is -0.462 e. The molecule has 148 valence electrons. The average molecular weight is 384 g/mol. The molecule has 0 N–H and O–H groups in total. The van der Waals surface area contributed by atoms with Crippen molar-refractivity contribution in [1.29, 1.82) is 0 Å². The molecule has 0 amide bonds. The number of carbonyl (C=O) groups excluding carboxylic acids is 3. The molecule has 0 saturated carbocycles. The Hall–Kier alpha value is -3.09. The van der Waals surface area contributed by atoms with Crippen LogP contribution in [-0.2, 0) is 14.3 Å². The predicted molar refractivity (Wildman–Crippen MR) is 102 cm³/mol. The first-order valence-electron chi connectivity index (χ1n) is 9.18.